The van der Waals surface area contributed by atoms with Crippen LogP contribution in [0, 0.1) is 0 Å². The van der Waals surface area contributed by atoms with E-state index in [1.54, 1.807) is 0 Å². The van der Waals surface area contributed by atoms with E-state index in [1.807, 2.05) is 0 Å². The van der Waals surface area contributed by atoms with Crippen molar-refractivity contribution in [3.05, 3.63) is 0 Å². The topological polar surface area (TPSA) is 47.9 Å². The highest BCUT2D eigenvalue weighted by Gasteiger charge is 1.89. The van der Waals surface area contributed by atoms with E-state index in [-0.39, 0.29) is 6.61 Å². The Morgan fingerprint density at radius 1 is 0.769 bits per heavy atom. The minimum absolute atomic E-state index is 0.0552. The second-order valence-electron chi connectivity index (χ2n) is 2.35. The van der Waals surface area contributed by atoms with Crippen molar-refractivity contribution in [2.24, 2.45) is 0 Å². The Morgan fingerprint density at radius 2 is 1.23 bits per heavy atom. The van der Waals surface area contributed by atoms with Crippen molar-refractivity contribution in [1.82, 2.24) is 0 Å². The van der Waals surface area contributed by atoms with Crippen molar-refractivity contribution in [2.75, 3.05) is 46.2 Å². The summed E-state index contributed by atoms with van der Waals surface area (Å²) in [5.74, 6) is 0. The SMILES string of the molecule is [B]CCOCCOCCOCCO. The molecule has 0 saturated carbocycles. The maximum Gasteiger partial charge on any atom is 0.0701 e. The molecule has 4 nitrogen and oxygen atoms in total. The summed E-state index contributed by atoms with van der Waals surface area (Å²) < 4.78 is 15.2. The minimum atomic E-state index is 0.0552. The second kappa shape index (κ2) is 11.9. The summed E-state index contributed by atoms with van der Waals surface area (Å²) in [6, 6.07) is 0. The Bertz CT molecular complexity index is 82.2. The van der Waals surface area contributed by atoms with Gasteiger partial charge in [-0.2, -0.15) is 0 Å². The molecule has 0 saturated heterocycles. The molecule has 2 radical (unpaired) electrons. The molecule has 76 valence electrons. The summed E-state index contributed by atoms with van der Waals surface area (Å²) in [4.78, 5) is 0. The van der Waals surface area contributed by atoms with Crippen molar-refractivity contribution >= 4 is 7.85 Å². The van der Waals surface area contributed by atoms with E-state index >= 15 is 0 Å². The third-order valence-electron chi connectivity index (χ3n) is 1.24. The first-order chi connectivity index (χ1) is 6.41. The van der Waals surface area contributed by atoms with E-state index in [2.05, 4.69) is 0 Å². The first kappa shape index (κ1) is 12.9. The van der Waals surface area contributed by atoms with Crippen LogP contribution in [0.15, 0.2) is 0 Å². The molecular formula is C8H17BO4. The van der Waals surface area contributed by atoms with E-state index in [1.165, 1.54) is 0 Å². The van der Waals surface area contributed by atoms with Gasteiger partial charge in [0.25, 0.3) is 0 Å². The lowest BCUT2D eigenvalue weighted by molar-refractivity contribution is 0.00971. The van der Waals surface area contributed by atoms with Gasteiger partial charge in [0.1, 0.15) is 0 Å². The summed E-state index contributed by atoms with van der Waals surface area (Å²) in [5.41, 5.74) is 0. The number of aliphatic hydroxyl groups excluding tert-OH is 1. The van der Waals surface area contributed by atoms with Crippen LogP contribution >= 0.6 is 0 Å². The molecule has 0 heterocycles. The summed E-state index contributed by atoms with van der Waals surface area (Å²) in [5, 5.41) is 8.37. The fourth-order valence-electron chi connectivity index (χ4n) is 0.690. The van der Waals surface area contributed by atoms with Gasteiger partial charge >= 0.3 is 0 Å². The predicted molar refractivity (Wildman–Crippen MR) is 50.1 cm³/mol. The van der Waals surface area contributed by atoms with Crippen LogP contribution in [0.25, 0.3) is 0 Å². The van der Waals surface area contributed by atoms with E-state index in [4.69, 9.17) is 27.2 Å². The third-order valence-corrected chi connectivity index (χ3v) is 1.24. The lowest BCUT2D eigenvalue weighted by Crippen LogP contribution is -2.10. The average Bonchev–Trinajstić information content (AvgIpc) is 2.16. The molecule has 0 aliphatic rings. The molecule has 5 heteroatoms. The zero-order valence-corrected chi connectivity index (χ0v) is 7.91. The fourth-order valence-corrected chi connectivity index (χ4v) is 0.690. The molecule has 0 atom stereocenters. The van der Waals surface area contributed by atoms with Crippen LogP contribution in [0.4, 0.5) is 0 Å². The highest BCUT2D eigenvalue weighted by atomic mass is 16.5. The largest absolute Gasteiger partial charge is 0.394 e. The number of rotatable bonds is 10. The number of aliphatic hydroxyl groups is 1. The Morgan fingerprint density at radius 3 is 1.69 bits per heavy atom. The smallest absolute Gasteiger partial charge is 0.0701 e. The van der Waals surface area contributed by atoms with Gasteiger partial charge in [-0.3, -0.25) is 0 Å². The standard InChI is InChI=1S/C8H17BO4/c9-1-3-11-5-7-13-8-6-12-4-2-10/h10H,1-8H2. The molecule has 0 aromatic heterocycles. The zero-order valence-electron chi connectivity index (χ0n) is 7.91. The average molecular weight is 188 g/mol. The van der Waals surface area contributed by atoms with E-state index in [0.29, 0.717) is 46.0 Å². The zero-order chi connectivity index (χ0) is 9.78. The number of ether oxygens (including phenoxy) is 3. The molecule has 1 N–H and O–H groups in total. The van der Waals surface area contributed by atoms with E-state index in [9.17, 15) is 0 Å². The summed E-state index contributed by atoms with van der Waals surface area (Å²) >= 11 is 0. The van der Waals surface area contributed by atoms with Gasteiger partial charge in [-0.1, -0.05) is 6.32 Å². The van der Waals surface area contributed by atoms with Crippen LogP contribution in [0.5, 0.6) is 0 Å². The highest BCUT2D eigenvalue weighted by molar-refractivity contribution is 6.08. The quantitative estimate of drug-likeness (QED) is 0.375. The maximum atomic E-state index is 8.37. The molecule has 0 aliphatic carbocycles. The van der Waals surface area contributed by atoms with Gasteiger partial charge in [0.15, 0.2) is 0 Å². The second-order valence-corrected chi connectivity index (χ2v) is 2.35. The third kappa shape index (κ3) is 11.9. The molecular weight excluding hydrogens is 171 g/mol. The molecule has 0 fully saturated rings. The van der Waals surface area contributed by atoms with Gasteiger partial charge in [0.05, 0.1) is 47.5 Å². The Hall–Kier alpha value is -0.0951. The van der Waals surface area contributed by atoms with E-state index < -0.39 is 0 Å². The summed E-state index contributed by atoms with van der Waals surface area (Å²) in [6.45, 7) is 3.17. The summed E-state index contributed by atoms with van der Waals surface area (Å²) in [7, 11) is 5.21. The normalized spacial score (nSPS) is 10.5. The van der Waals surface area contributed by atoms with Crippen molar-refractivity contribution < 1.29 is 19.3 Å². The van der Waals surface area contributed by atoms with Crippen LogP contribution in [0.1, 0.15) is 0 Å². The van der Waals surface area contributed by atoms with Crippen LogP contribution in [0.3, 0.4) is 0 Å². The molecule has 0 aliphatic heterocycles. The molecule has 0 rings (SSSR count). The highest BCUT2D eigenvalue weighted by Crippen LogP contribution is 1.82. The van der Waals surface area contributed by atoms with Gasteiger partial charge in [0, 0.05) is 6.61 Å². The van der Waals surface area contributed by atoms with Gasteiger partial charge in [-0.05, 0) is 0 Å². The first-order valence-corrected chi connectivity index (χ1v) is 4.46. The fraction of sp³-hybridized carbons (Fsp3) is 1.00. The van der Waals surface area contributed by atoms with Gasteiger partial charge in [-0.25, -0.2) is 0 Å². The Kier molecular flexibility index (Phi) is 11.8. The van der Waals surface area contributed by atoms with Gasteiger partial charge in [0.2, 0.25) is 0 Å². The predicted octanol–water partition coefficient (Wildman–Crippen LogP) is -0.385. The number of hydrogen-bond donors (Lipinski definition) is 1. The van der Waals surface area contributed by atoms with Crippen LogP contribution in [-0.4, -0.2) is 59.2 Å². The molecule has 13 heavy (non-hydrogen) atoms. The van der Waals surface area contributed by atoms with Crippen molar-refractivity contribution in [1.29, 1.82) is 0 Å². The van der Waals surface area contributed by atoms with Crippen molar-refractivity contribution in [3.8, 4) is 0 Å². The molecule has 0 unspecified atom stereocenters. The maximum absolute atomic E-state index is 8.37. The number of hydrogen-bond acceptors (Lipinski definition) is 4. The molecule has 0 amide bonds. The molecule has 0 aromatic carbocycles. The molecule has 0 spiro atoms. The van der Waals surface area contributed by atoms with Crippen molar-refractivity contribution in [3.63, 3.8) is 0 Å². The van der Waals surface area contributed by atoms with Gasteiger partial charge < -0.3 is 19.3 Å². The van der Waals surface area contributed by atoms with E-state index in [0.717, 1.165) is 0 Å². The van der Waals surface area contributed by atoms with Crippen LogP contribution in [-0.2, 0) is 14.2 Å². The first-order valence-electron chi connectivity index (χ1n) is 4.46. The Labute approximate surface area is 80.6 Å². The Balaban J connectivity index is 2.76. The molecule has 0 aromatic rings. The monoisotopic (exact) mass is 188 g/mol. The summed E-state index contributed by atoms with van der Waals surface area (Å²) in [6.07, 6.45) is 0.541. The lowest BCUT2D eigenvalue weighted by Gasteiger charge is -2.05. The lowest BCUT2D eigenvalue weighted by atomic mass is 10.1. The van der Waals surface area contributed by atoms with Gasteiger partial charge in [-0.15, -0.1) is 0 Å². The van der Waals surface area contributed by atoms with Crippen LogP contribution < -0.4 is 0 Å². The van der Waals surface area contributed by atoms with Crippen LogP contribution in [0.2, 0.25) is 6.32 Å². The molecule has 0 bridgehead atoms. The minimum Gasteiger partial charge on any atom is -0.394 e. The van der Waals surface area contributed by atoms with Crippen molar-refractivity contribution in [2.45, 2.75) is 6.32 Å².